The van der Waals surface area contributed by atoms with Crippen LogP contribution in [0.25, 0.3) is 0 Å². The van der Waals surface area contributed by atoms with Crippen molar-refractivity contribution in [2.24, 2.45) is 0 Å². The van der Waals surface area contributed by atoms with Gasteiger partial charge < -0.3 is 0 Å². The monoisotopic (exact) mass is 226 g/mol. The van der Waals surface area contributed by atoms with Gasteiger partial charge in [0, 0.05) is 5.88 Å². The van der Waals surface area contributed by atoms with Crippen LogP contribution in [0.3, 0.4) is 0 Å². The molecule has 0 rings (SSSR count). The molecule has 8 heteroatoms. The van der Waals surface area contributed by atoms with Crippen LogP contribution in [0.2, 0.25) is 0 Å². The molecule has 0 radical (unpaired) electrons. The van der Waals surface area contributed by atoms with Gasteiger partial charge in [0.25, 0.3) is 0 Å². The van der Waals surface area contributed by atoms with Gasteiger partial charge in [-0.05, 0) is 6.42 Å². The highest BCUT2D eigenvalue weighted by Crippen LogP contribution is 2.24. The zero-order valence-corrected chi connectivity index (χ0v) is 7.34. The zero-order chi connectivity index (χ0) is 9.83. The minimum absolute atomic E-state index is 0.0490. The standard InChI is InChI=1S/C4H6ClF3O3S/c5-2-1-3-11-12(9,10)4(6,7)8/h1-3H2. The lowest BCUT2D eigenvalue weighted by Crippen LogP contribution is -2.25. The number of rotatable bonds is 4. The molecule has 0 atom stereocenters. The van der Waals surface area contributed by atoms with E-state index in [4.69, 9.17) is 11.6 Å². The first kappa shape index (κ1) is 12.0. The van der Waals surface area contributed by atoms with Gasteiger partial charge in [-0.25, -0.2) is 0 Å². The average molecular weight is 227 g/mol. The third kappa shape index (κ3) is 3.59. The van der Waals surface area contributed by atoms with E-state index >= 15 is 0 Å². The molecule has 0 bridgehead atoms. The Bertz CT molecular complexity index is 222. The lowest BCUT2D eigenvalue weighted by Gasteiger charge is -2.06. The van der Waals surface area contributed by atoms with Crippen molar-refractivity contribution in [3.05, 3.63) is 0 Å². The average Bonchev–Trinajstić information content (AvgIpc) is 1.85. The second-order valence-corrected chi connectivity index (χ2v) is 3.75. The van der Waals surface area contributed by atoms with Gasteiger partial charge in [-0.1, -0.05) is 0 Å². The van der Waals surface area contributed by atoms with Crippen molar-refractivity contribution >= 4 is 21.7 Å². The summed E-state index contributed by atoms with van der Waals surface area (Å²) < 4.78 is 58.4. The van der Waals surface area contributed by atoms with Gasteiger partial charge in [0.15, 0.2) is 0 Å². The maximum Gasteiger partial charge on any atom is 0.523 e. The molecule has 0 amide bonds. The van der Waals surface area contributed by atoms with Crippen molar-refractivity contribution in [2.75, 3.05) is 12.5 Å². The molecule has 0 aromatic heterocycles. The van der Waals surface area contributed by atoms with Crippen LogP contribution in [0.4, 0.5) is 13.2 Å². The molecule has 0 heterocycles. The molecule has 0 aromatic rings. The van der Waals surface area contributed by atoms with E-state index in [0.29, 0.717) is 0 Å². The molecule has 3 nitrogen and oxygen atoms in total. The van der Waals surface area contributed by atoms with Crippen LogP contribution in [0.15, 0.2) is 0 Å². The smallest absolute Gasteiger partial charge is 0.263 e. The van der Waals surface area contributed by atoms with Crippen LogP contribution in [0.5, 0.6) is 0 Å². The van der Waals surface area contributed by atoms with E-state index in [1.165, 1.54) is 0 Å². The molecule has 12 heavy (non-hydrogen) atoms. The molecular formula is C4H6ClF3O3S. The van der Waals surface area contributed by atoms with E-state index in [1.807, 2.05) is 0 Å². The van der Waals surface area contributed by atoms with Crippen LogP contribution >= 0.6 is 11.6 Å². The SMILES string of the molecule is O=S(=O)(OCCCCl)C(F)(F)F. The summed E-state index contributed by atoms with van der Waals surface area (Å²) in [5, 5.41) is 0. The van der Waals surface area contributed by atoms with E-state index < -0.39 is 22.2 Å². The Balaban J connectivity index is 4.08. The number of halogens is 4. The minimum Gasteiger partial charge on any atom is -0.263 e. The Morgan fingerprint density at radius 2 is 1.83 bits per heavy atom. The van der Waals surface area contributed by atoms with Crippen molar-refractivity contribution in [3.63, 3.8) is 0 Å². The molecule has 0 aliphatic heterocycles. The Kier molecular flexibility index (Phi) is 4.29. The quantitative estimate of drug-likeness (QED) is 0.316. The van der Waals surface area contributed by atoms with Crippen molar-refractivity contribution in [1.82, 2.24) is 0 Å². The first-order chi connectivity index (χ1) is 5.31. The fraction of sp³-hybridized carbons (Fsp3) is 1.00. The number of hydrogen-bond donors (Lipinski definition) is 0. The maximum absolute atomic E-state index is 11.5. The van der Waals surface area contributed by atoms with Crippen molar-refractivity contribution in [1.29, 1.82) is 0 Å². The van der Waals surface area contributed by atoms with E-state index in [9.17, 15) is 21.6 Å². The molecule has 0 saturated heterocycles. The molecule has 0 aromatic carbocycles. The van der Waals surface area contributed by atoms with Crippen LogP contribution in [-0.4, -0.2) is 26.4 Å². The topological polar surface area (TPSA) is 43.4 Å². The highest BCUT2D eigenvalue weighted by atomic mass is 35.5. The number of alkyl halides is 4. The summed E-state index contributed by atoms with van der Waals surface area (Å²) in [6.07, 6.45) is 0.0524. The summed E-state index contributed by atoms with van der Waals surface area (Å²) in [5.74, 6) is 0.0490. The summed E-state index contributed by atoms with van der Waals surface area (Å²) in [6, 6.07) is 0. The molecule has 0 aliphatic rings. The molecule has 0 fully saturated rings. The summed E-state index contributed by atoms with van der Waals surface area (Å²) in [6.45, 7) is -0.550. The summed E-state index contributed by atoms with van der Waals surface area (Å²) in [7, 11) is -5.43. The van der Waals surface area contributed by atoms with Crippen molar-refractivity contribution < 1.29 is 25.8 Å². The number of hydrogen-bond acceptors (Lipinski definition) is 3. The third-order valence-corrected chi connectivity index (χ3v) is 2.11. The second kappa shape index (κ2) is 4.29. The summed E-state index contributed by atoms with van der Waals surface area (Å²) >= 11 is 5.09. The van der Waals surface area contributed by atoms with Gasteiger partial charge in [-0.3, -0.25) is 4.18 Å². The van der Waals surface area contributed by atoms with Crippen molar-refractivity contribution in [3.8, 4) is 0 Å². The van der Waals surface area contributed by atoms with Gasteiger partial charge in [-0.2, -0.15) is 21.6 Å². The zero-order valence-electron chi connectivity index (χ0n) is 5.77. The maximum atomic E-state index is 11.5. The Morgan fingerprint density at radius 1 is 1.33 bits per heavy atom. The Hall–Kier alpha value is -0.0100. The van der Waals surface area contributed by atoms with Gasteiger partial charge in [0.1, 0.15) is 0 Å². The van der Waals surface area contributed by atoms with Crippen LogP contribution < -0.4 is 0 Å². The molecule has 0 aliphatic carbocycles. The Morgan fingerprint density at radius 3 is 2.17 bits per heavy atom. The first-order valence-electron chi connectivity index (χ1n) is 2.83. The highest BCUT2D eigenvalue weighted by molar-refractivity contribution is 7.87. The molecule has 74 valence electrons. The fourth-order valence-electron chi connectivity index (χ4n) is 0.290. The highest BCUT2D eigenvalue weighted by Gasteiger charge is 2.47. The minimum atomic E-state index is -5.43. The van der Waals surface area contributed by atoms with Crippen LogP contribution in [-0.2, 0) is 14.3 Å². The van der Waals surface area contributed by atoms with E-state index in [-0.39, 0.29) is 12.3 Å². The largest absolute Gasteiger partial charge is 0.523 e. The third-order valence-electron chi connectivity index (χ3n) is 0.800. The molecule has 0 unspecified atom stereocenters. The first-order valence-corrected chi connectivity index (χ1v) is 4.77. The second-order valence-electron chi connectivity index (χ2n) is 1.76. The molecule has 0 N–H and O–H groups in total. The predicted octanol–water partition coefficient (Wildman–Crippen LogP) is 1.48. The van der Waals surface area contributed by atoms with Crippen LogP contribution in [0, 0.1) is 0 Å². The Labute approximate surface area is 72.6 Å². The van der Waals surface area contributed by atoms with Gasteiger partial charge in [0.2, 0.25) is 0 Å². The van der Waals surface area contributed by atoms with Gasteiger partial charge in [-0.15, -0.1) is 11.6 Å². The van der Waals surface area contributed by atoms with E-state index in [0.717, 1.165) is 0 Å². The lowest BCUT2D eigenvalue weighted by molar-refractivity contribution is -0.0541. The summed E-state index contributed by atoms with van der Waals surface area (Å²) in [5.41, 5.74) is -5.35. The molecule has 0 saturated carbocycles. The van der Waals surface area contributed by atoms with E-state index in [2.05, 4.69) is 4.18 Å². The normalized spacial score (nSPS) is 13.3. The van der Waals surface area contributed by atoms with E-state index in [1.54, 1.807) is 0 Å². The predicted molar refractivity (Wildman–Crippen MR) is 36.3 cm³/mol. The lowest BCUT2D eigenvalue weighted by atomic mass is 10.5. The van der Waals surface area contributed by atoms with Crippen LogP contribution in [0.1, 0.15) is 6.42 Å². The van der Waals surface area contributed by atoms with Crippen molar-refractivity contribution in [2.45, 2.75) is 11.9 Å². The molecule has 0 spiro atoms. The van der Waals surface area contributed by atoms with Gasteiger partial charge in [0.05, 0.1) is 6.61 Å². The fourth-order valence-corrected chi connectivity index (χ4v) is 0.870. The summed E-state index contributed by atoms with van der Waals surface area (Å²) in [4.78, 5) is 0. The van der Waals surface area contributed by atoms with Gasteiger partial charge >= 0.3 is 15.6 Å². The molecular weight excluding hydrogens is 221 g/mol.